The lowest BCUT2D eigenvalue weighted by molar-refractivity contribution is 0.0633. The topological polar surface area (TPSA) is 50.2 Å². The number of nitrogens with zero attached hydrogens (tertiary/aromatic N) is 3. The fraction of sp³-hybridized carbons (Fsp3) is 0.474. The van der Waals surface area contributed by atoms with Crippen molar-refractivity contribution in [2.24, 2.45) is 0 Å². The number of hydrogen-bond donors (Lipinski definition) is 1. The highest BCUT2D eigenvalue weighted by atomic mass is 35.5. The van der Waals surface area contributed by atoms with Gasteiger partial charge in [0.15, 0.2) is 0 Å². The normalized spacial score (nSPS) is 17.7. The molecule has 1 aliphatic heterocycles. The number of nitrogens with one attached hydrogen (secondary N) is 1. The van der Waals surface area contributed by atoms with Crippen molar-refractivity contribution >= 4 is 18.3 Å². The minimum atomic E-state index is -0.285. The van der Waals surface area contributed by atoms with Gasteiger partial charge in [0.1, 0.15) is 5.82 Å². The quantitative estimate of drug-likeness (QED) is 0.869. The number of aromatic nitrogens is 2. The molecule has 0 spiro atoms. The van der Waals surface area contributed by atoms with E-state index in [1.165, 1.54) is 12.1 Å². The second-order valence-electron chi connectivity index (χ2n) is 7.50. The Morgan fingerprint density at radius 3 is 2.69 bits per heavy atom. The first-order valence-electron chi connectivity index (χ1n) is 8.61. The van der Waals surface area contributed by atoms with Crippen molar-refractivity contribution in [3.05, 3.63) is 53.1 Å². The van der Waals surface area contributed by atoms with E-state index in [1.54, 1.807) is 12.3 Å². The lowest BCUT2D eigenvalue weighted by Gasteiger charge is -2.36. The van der Waals surface area contributed by atoms with Gasteiger partial charge in [-0.1, -0.05) is 12.1 Å². The number of carbonyl (C=O) groups excluding carboxylic acids is 1. The molecule has 7 heteroatoms. The van der Waals surface area contributed by atoms with Crippen LogP contribution in [0.5, 0.6) is 0 Å². The van der Waals surface area contributed by atoms with E-state index in [0.29, 0.717) is 18.7 Å². The monoisotopic (exact) mass is 380 g/mol. The van der Waals surface area contributed by atoms with Gasteiger partial charge >= 0.3 is 0 Å². The van der Waals surface area contributed by atoms with Gasteiger partial charge < -0.3 is 10.2 Å². The highest BCUT2D eigenvalue weighted by Crippen LogP contribution is 2.26. The maximum absolute atomic E-state index is 13.6. The van der Waals surface area contributed by atoms with Crippen LogP contribution in [0.1, 0.15) is 48.4 Å². The van der Waals surface area contributed by atoms with Crippen LogP contribution in [0.15, 0.2) is 30.5 Å². The molecular formula is C19H26ClFN4O. The standard InChI is InChI=1S/C19H25FN4O.ClH/c1-13-16(11-22-24(13)19(2,3)4)18(25)23-9-8-21-12-17(23)14-6-5-7-15(20)10-14;/h5-7,10-11,17,21H,8-9,12H2,1-4H3;1H. The van der Waals surface area contributed by atoms with Crippen LogP contribution in [0.4, 0.5) is 4.39 Å². The van der Waals surface area contributed by atoms with Gasteiger partial charge in [0.2, 0.25) is 0 Å². The molecule has 1 aliphatic rings. The van der Waals surface area contributed by atoms with E-state index in [0.717, 1.165) is 17.8 Å². The largest absolute Gasteiger partial charge is 0.329 e. The maximum Gasteiger partial charge on any atom is 0.257 e. The summed E-state index contributed by atoms with van der Waals surface area (Å²) in [4.78, 5) is 15.0. The third kappa shape index (κ3) is 3.91. The Balaban J connectivity index is 0.00000243. The summed E-state index contributed by atoms with van der Waals surface area (Å²) in [6, 6.07) is 6.29. The van der Waals surface area contributed by atoms with Crippen molar-refractivity contribution < 1.29 is 9.18 Å². The number of benzene rings is 1. The second-order valence-corrected chi connectivity index (χ2v) is 7.50. The highest BCUT2D eigenvalue weighted by molar-refractivity contribution is 5.95. The Bertz CT molecular complexity index is 784. The average molecular weight is 381 g/mol. The zero-order valence-electron chi connectivity index (χ0n) is 15.6. The number of halogens is 2. The number of carbonyl (C=O) groups is 1. The van der Waals surface area contributed by atoms with E-state index in [1.807, 2.05) is 22.6 Å². The third-order valence-corrected chi connectivity index (χ3v) is 4.61. The van der Waals surface area contributed by atoms with Gasteiger partial charge in [-0.15, -0.1) is 12.4 Å². The molecule has 5 nitrogen and oxygen atoms in total. The minimum absolute atomic E-state index is 0. The van der Waals surface area contributed by atoms with Crippen molar-refractivity contribution in [2.45, 2.75) is 39.3 Å². The summed E-state index contributed by atoms with van der Waals surface area (Å²) < 4.78 is 15.5. The van der Waals surface area contributed by atoms with Crippen LogP contribution < -0.4 is 5.32 Å². The molecule has 2 heterocycles. The predicted molar refractivity (Wildman–Crippen MR) is 102 cm³/mol. The summed E-state index contributed by atoms with van der Waals surface area (Å²) in [6.45, 7) is 10.0. The molecule has 1 saturated heterocycles. The molecule has 2 aromatic rings. The van der Waals surface area contributed by atoms with Crippen LogP contribution in [0.25, 0.3) is 0 Å². The molecule has 26 heavy (non-hydrogen) atoms. The van der Waals surface area contributed by atoms with Crippen molar-refractivity contribution in [3.63, 3.8) is 0 Å². The minimum Gasteiger partial charge on any atom is -0.329 e. The summed E-state index contributed by atoms with van der Waals surface area (Å²) in [5, 5.41) is 7.70. The molecule has 0 bridgehead atoms. The van der Waals surface area contributed by atoms with Crippen LogP contribution in [-0.2, 0) is 5.54 Å². The predicted octanol–water partition coefficient (Wildman–Crippen LogP) is 3.29. The van der Waals surface area contributed by atoms with Crippen molar-refractivity contribution in [1.82, 2.24) is 20.0 Å². The Morgan fingerprint density at radius 2 is 2.08 bits per heavy atom. The van der Waals surface area contributed by atoms with Crippen LogP contribution in [0.2, 0.25) is 0 Å². The van der Waals surface area contributed by atoms with Gasteiger partial charge in [0.05, 0.1) is 23.3 Å². The first kappa shape index (κ1) is 20.4. The van der Waals surface area contributed by atoms with Gasteiger partial charge in [-0.25, -0.2) is 4.39 Å². The molecule has 1 aromatic heterocycles. The number of amides is 1. The molecule has 1 unspecified atom stereocenters. The number of rotatable bonds is 2. The number of piperazine rings is 1. The molecule has 0 saturated carbocycles. The maximum atomic E-state index is 13.6. The van der Waals surface area contributed by atoms with Gasteiger partial charge in [0.25, 0.3) is 5.91 Å². The molecule has 0 radical (unpaired) electrons. The van der Waals surface area contributed by atoms with E-state index in [9.17, 15) is 9.18 Å². The van der Waals surface area contributed by atoms with Crippen LogP contribution in [0.3, 0.4) is 0 Å². The molecule has 1 fully saturated rings. The molecule has 3 rings (SSSR count). The Kier molecular flexibility index (Phi) is 6.09. The lowest BCUT2D eigenvalue weighted by atomic mass is 10.0. The van der Waals surface area contributed by atoms with Gasteiger partial charge in [-0.2, -0.15) is 5.10 Å². The van der Waals surface area contributed by atoms with Crippen molar-refractivity contribution in [1.29, 1.82) is 0 Å². The molecule has 1 amide bonds. The van der Waals surface area contributed by atoms with Crippen LogP contribution in [0, 0.1) is 12.7 Å². The molecule has 1 N–H and O–H groups in total. The van der Waals surface area contributed by atoms with E-state index >= 15 is 0 Å². The highest BCUT2D eigenvalue weighted by Gasteiger charge is 2.31. The summed E-state index contributed by atoms with van der Waals surface area (Å²) in [6.07, 6.45) is 1.65. The van der Waals surface area contributed by atoms with Crippen LogP contribution >= 0.6 is 12.4 Å². The fourth-order valence-electron chi connectivity index (χ4n) is 3.41. The number of hydrogen-bond acceptors (Lipinski definition) is 3. The van der Waals surface area contributed by atoms with E-state index in [4.69, 9.17) is 0 Å². The summed E-state index contributed by atoms with van der Waals surface area (Å²) in [5.74, 6) is -0.337. The van der Waals surface area contributed by atoms with Crippen LogP contribution in [-0.4, -0.2) is 40.2 Å². The van der Waals surface area contributed by atoms with Gasteiger partial charge in [-0.3, -0.25) is 9.48 Å². The fourth-order valence-corrected chi connectivity index (χ4v) is 3.41. The molecular weight excluding hydrogens is 355 g/mol. The summed E-state index contributed by atoms with van der Waals surface area (Å²) in [5.41, 5.74) is 2.09. The van der Waals surface area contributed by atoms with E-state index < -0.39 is 0 Å². The Hall–Kier alpha value is -1.92. The Morgan fingerprint density at radius 1 is 1.35 bits per heavy atom. The average Bonchev–Trinajstić information content (AvgIpc) is 2.96. The second kappa shape index (κ2) is 7.76. The zero-order chi connectivity index (χ0) is 18.2. The molecule has 1 atom stereocenters. The lowest BCUT2D eigenvalue weighted by Crippen LogP contribution is -2.48. The smallest absolute Gasteiger partial charge is 0.257 e. The summed E-state index contributed by atoms with van der Waals surface area (Å²) >= 11 is 0. The summed E-state index contributed by atoms with van der Waals surface area (Å²) in [7, 11) is 0. The molecule has 0 aliphatic carbocycles. The third-order valence-electron chi connectivity index (χ3n) is 4.61. The molecule has 142 valence electrons. The van der Waals surface area contributed by atoms with Gasteiger partial charge in [0, 0.05) is 25.3 Å². The van der Waals surface area contributed by atoms with Crippen molar-refractivity contribution in [2.75, 3.05) is 19.6 Å². The zero-order valence-corrected chi connectivity index (χ0v) is 16.4. The first-order chi connectivity index (χ1) is 11.8. The molecule has 1 aromatic carbocycles. The SMILES string of the molecule is Cc1c(C(=O)N2CCNCC2c2cccc(F)c2)cnn1C(C)(C)C.Cl. The first-order valence-corrected chi connectivity index (χ1v) is 8.61. The van der Waals surface area contributed by atoms with Gasteiger partial charge in [-0.05, 0) is 45.4 Å². The van der Waals surface area contributed by atoms with E-state index in [-0.39, 0.29) is 35.7 Å². The van der Waals surface area contributed by atoms with Crippen molar-refractivity contribution in [3.8, 4) is 0 Å². The van der Waals surface area contributed by atoms with E-state index in [2.05, 4.69) is 31.2 Å². The Labute approximate surface area is 160 Å².